The minimum Gasteiger partial charge on any atom is -0.340 e. The fourth-order valence-corrected chi connectivity index (χ4v) is 3.18. The standard InChI is InChI=1S/C15H22N2OS/c1-16(2)13-7-6-10-17(11-13)15(18)12-19-14-8-4-3-5-9-14/h3-5,8-9,13H,6-7,10-12H2,1-2H3. The molecule has 1 saturated heterocycles. The fourth-order valence-electron chi connectivity index (χ4n) is 2.36. The third-order valence-electron chi connectivity index (χ3n) is 3.59. The van der Waals surface area contributed by atoms with Crippen LogP contribution in [0.25, 0.3) is 0 Å². The van der Waals surface area contributed by atoms with E-state index < -0.39 is 0 Å². The Bertz CT molecular complexity index is 408. The van der Waals surface area contributed by atoms with E-state index in [0.29, 0.717) is 11.8 Å². The zero-order valence-corrected chi connectivity index (χ0v) is 12.5. The minimum absolute atomic E-state index is 0.264. The number of thioether (sulfide) groups is 1. The van der Waals surface area contributed by atoms with E-state index in [-0.39, 0.29) is 5.91 Å². The van der Waals surface area contributed by atoms with Crippen LogP contribution in [0.15, 0.2) is 35.2 Å². The number of benzene rings is 1. The SMILES string of the molecule is CN(C)C1CCCN(C(=O)CSc2ccccc2)C1. The number of carbonyl (C=O) groups is 1. The van der Waals surface area contributed by atoms with Crippen molar-refractivity contribution in [1.29, 1.82) is 0 Å². The maximum atomic E-state index is 12.2. The van der Waals surface area contributed by atoms with Crippen LogP contribution < -0.4 is 0 Å². The summed E-state index contributed by atoms with van der Waals surface area (Å²) in [4.78, 5) is 17.6. The van der Waals surface area contributed by atoms with Crippen LogP contribution in [-0.4, -0.2) is 54.7 Å². The molecule has 1 aliphatic heterocycles. The number of hydrogen-bond donors (Lipinski definition) is 0. The largest absolute Gasteiger partial charge is 0.340 e. The van der Waals surface area contributed by atoms with Gasteiger partial charge in [0.2, 0.25) is 5.91 Å². The summed E-state index contributed by atoms with van der Waals surface area (Å²) in [7, 11) is 4.19. The van der Waals surface area contributed by atoms with Gasteiger partial charge < -0.3 is 9.80 Å². The van der Waals surface area contributed by atoms with Gasteiger partial charge in [0.25, 0.3) is 0 Å². The molecule has 1 aromatic rings. The van der Waals surface area contributed by atoms with Gasteiger partial charge >= 0.3 is 0 Å². The number of likely N-dealkylation sites (tertiary alicyclic amines) is 1. The van der Waals surface area contributed by atoms with Crippen molar-refractivity contribution >= 4 is 17.7 Å². The Labute approximate surface area is 120 Å². The molecule has 1 aliphatic rings. The molecular formula is C15H22N2OS. The van der Waals surface area contributed by atoms with Gasteiger partial charge in [-0.05, 0) is 39.1 Å². The average molecular weight is 278 g/mol. The van der Waals surface area contributed by atoms with Crippen molar-refractivity contribution in [2.24, 2.45) is 0 Å². The van der Waals surface area contributed by atoms with Gasteiger partial charge in [0.05, 0.1) is 5.75 Å². The molecule has 0 aliphatic carbocycles. The highest BCUT2D eigenvalue weighted by molar-refractivity contribution is 8.00. The number of likely N-dealkylation sites (N-methyl/N-ethyl adjacent to an activating group) is 1. The second-order valence-electron chi connectivity index (χ2n) is 5.20. The number of amides is 1. The van der Waals surface area contributed by atoms with Crippen molar-refractivity contribution in [2.75, 3.05) is 32.9 Å². The highest BCUT2D eigenvalue weighted by Crippen LogP contribution is 2.19. The summed E-state index contributed by atoms with van der Waals surface area (Å²) in [5, 5.41) is 0. The first-order valence-corrected chi connectivity index (χ1v) is 7.77. The second-order valence-corrected chi connectivity index (χ2v) is 6.25. The lowest BCUT2D eigenvalue weighted by atomic mass is 10.1. The number of carbonyl (C=O) groups excluding carboxylic acids is 1. The molecule has 0 saturated carbocycles. The smallest absolute Gasteiger partial charge is 0.232 e. The summed E-state index contributed by atoms with van der Waals surface area (Å²) in [6.07, 6.45) is 2.31. The van der Waals surface area contributed by atoms with Gasteiger partial charge in [-0.2, -0.15) is 0 Å². The first-order valence-electron chi connectivity index (χ1n) is 6.79. The Morgan fingerprint density at radius 3 is 2.79 bits per heavy atom. The minimum atomic E-state index is 0.264. The number of nitrogens with zero attached hydrogens (tertiary/aromatic N) is 2. The molecule has 1 unspecified atom stereocenters. The van der Waals surface area contributed by atoms with Crippen LogP contribution in [0.4, 0.5) is 0 Å². The Kier molecular flexibility index (Phi) is 5.28. The summed E-state index contributed by atoms with van der Waals surface area (Å²) in [5.74, 6) is 0.810. The van der Waals surface area contributed by atoms with E-state index in [0.717, 1.165) is 24.4 Å². The van der Waals surface area contributed by atoms with Crippen LogP contribution in [0.1, 0.15) is 12.8 Å². The van der Waals surface area contributed by atoms with Gasteiger partial charge in [-0.25, -0.2) is 0 Å². The molecule has 0 spiro atoms. The maximum absolute atomic E-state index is 12.2. The van der Waals surface area contributed by atoms with E-state index in [9.17, 15) is 4.79 Å². The van der Waals surface area contributed by atoms with E-state index in [4.69, 9.17) is 0 Å². The Hall–Kier alpha value is -1.00. The van der Waals surface area contributed by atoms with E-state index in [2.05, 4.69) is 31.1 Å². The monoisotopic (exact) mass is 278 g/mol. The molecule has 0 bridgehead atoms. The predicted octanol–water partition coefficient (Wildman–Crippen LogP) is 2.33. The second kappa shape index (κ2) is 6.96. The molecule has 0 radical (unpaired) electrons. The van der Waals surface area contributed by atoms with Gasteiger partial charge in [0, 0.05) is 24.0 Å². The van der Waals surface area contributed by atoms with Crippen LogP contribution in [-0.2, 0) is 4.79 Å². The van der Waals surface area contributed by atoms with E-state index in [1.807, 2.05) is 23.1 Å². The molecule has 104 valence electrons. The average Bonchev–Trinajstić information content (AvgIpc) is 2.46. The predicted molar refractivity (Wildman–Crippen MR) is 80.5 cm³/mol. The molecule has 1 heterocycles. The van der Waals surface area contributed by atoms with Crippen LogP contribution in [0.2, 0.25) is 0 Å². The van der Waals surface area contributed by atoms with Crippen LogP contribution >= 0.6 is 11.8 Å². The van der Waals surface area contributed by atoms with Gasteiger partial charge in [-0.15, -0.1) is 11.8 Å². The molecule has 1 amide bonds. The first-order chi connectivity index (χ1) is 9.16. The molecule has 1 aromatic carbocycles. The lowest BCUT2D eigenvalue weighted by Crippen LogP contribution is -2.48. The maximum Gasteiger partial charge on any atom is 0.232 e. The van der Waals surface area contributed by atoms with Crippen molar-refractivity contribution in [3.8, 4) is 0 Å². The topological polar surface area (TPSA) is 23.6 Å². The molecular weight excluding hydrogens is 256 g/mol. The van der Waals surface area contributed by atoms with Gasteiger partial charge in [-0.3, -0.25) is 4.79 Å². The van der Waals surface area contributed by atoms with E-state index >= 15 is 0 Å². The van der Waals surface area contributed by atoms with E-state index in [1.165, 1.54) is 6.42 Å². The van der Waals surface area contributed by atoms with Crippen LogP contribution in [0.3, 0.4) is 0 Å². The van der Waals surface area contributed by atoms with Crippen LogP contribution in [0, 0.1) is 0 Å². The van der Waals surface area contributed by atoms with Crippen molar-refractivity contribution in [1.82, 2.24) is 9.80 Å². The summed E-state index contributed by atoms with van der Waals surface area (Å²) in [6.45, 7) is 1.79. The van der Waals surface area contributed by atoms with Gasteiger partial charge in [0.15, 0.2) is 0 Å². The Morgan fingerprint density at radius 1 is 1.37 bits per heavy atom. The summed E-state index contributed by atoms with van der Waals surface area (Å²) in [6, 6.07) is 10.6. The third-order valence-corrected chi connectivity index (χ3v) is 4.58. The van der Waals surface area contributed by atoms with Crippen molar-refractivity contribution in [2.45, 2.75) is 23.8 Å². The number of rotatable bonds is 4. The van der Waals surface area contributed by atoms with Crippen molar-refractivity contribution in [3.63, 3.8) is 0 Å². The highest BCUT2D eigenvalue weighted by atomic mass is 32.2. The first kappa shape index (κ1) is 14.4. The highest BCUT2D eigenvalue weighted by Gasteiger charge is 2.24. The molecule has 0 N–H and O–H groups in total. The Balaban J connectivity index is 1.83. The summed E-state index contributed by atoms with van der Waals surface area (Å²) < 4.78 is 0. The third kappa shape index (κ3) is 4.25. The molecule has 0 aromatic heterocycles. The molecule has 2 rings (SSSR count). The number of hydrogen-bond acceptors (Lipinski definition) is 3. The van der Waals surface area contributed by atoms with Crippen molar-refractivity contribution in [3.05, 3.63) is 30.3 Å². The molecule has 1 atom stereocenters. The molecule has 19 heavy (non-hydrogen) atoms. The zero-order chi connectivity index (χ0) is 13.7. The van der Waals surface area contributed by atoms with E-state index in [1.54, 1.807) is 11.8 Å². The molecule has 1 fully saturated rings. The Morgan fingerprint density at radius 2 is 2.11 bits per heavy atom. The normalized spacial score (nSPS) is 19.7. The zero-order valence-electron chi connectivity index (χ0n) is 11.7. The summed E-state index contributed by atoms with van der Waals surface area (Å²) >= 11 is 1.63. The quantitative estimate of drug-likeness (QED) is 0.790. The lowest BCUT2D eigenvalue weighted by Gasteiger charge is -2.36. The molecule has 4 heteroatoms. The van der Waals surface area contributed by atoms with Crippen molar-refractivity contribution < 1.29 is 4.79 Å². The fraction of sp³-hybridized carbons (Fsp3) is 0.533. The molecule has 3 nitrogen and oxygen atoms in total. The van der Waals surface area contributed by atoms with Crippen LogP contribution in [0.5, 0.6) is 0 Å². The van der Waals surface area contributed by atoms with Gasteiger partial charge in [0.1, 0.15) is 0 Å². The lowest BCUT2D eigenvalue weighted by molar-refractivity contribution is -0.130. The summed E-state index contributed by atoms with van der Waals surface area (Å²) in [5.41, 5.74) is 0. The number of piperidine rings is 1. The van der Waals surface area contributed by atoms with Gasteiger partial charge in [-0.1, -0.05) is 18.2 Å².